The van der Waals surface area contributed by atoms with Crippen molar-refractivity contribution in [3.05, 3.63) is 30.3 Å². The summed E-state index contributed by atoms with van der Waals surface area (Å²) in [7, 11) is -1.86. The van der Waals surface area contributed by atoms with Crippen molar-refractivity contribution in [1.82, 2.24) is 4.72 Å². The summed E-state index contributed by atoms with van der Waals surface area (Å²) < 4.78 is 24.4. The van der Waals surface area contributed by atoms with Crippen LogP contribution in [0.1, 0.15) is 1.43 Å². The maximum atomic E-state index is 11.1. The fourth-order valence-corrected chi connectivity index (χ4v) is 1.47. The number of hydrogen-bond donors (Lipinski definition) is 1. The van der Waals surface area contributed by atoms with Crippen molar-refractivity contribution in [2.24, 2.45) is 0 Å². The Morgan fingerprint density at radius 2 is 1.75 bits per heavy atom. The second-order valence-corrected chi connectivity index (χ2v) is 3.91. The predicted molar refractivity (Wildman–Crippen MR) is 43.8 cm³/mol. The van der Waals surface area contributed by atoms with Gasteiger partial charge in [-0.05, 0) is 19.2 Å². The summed E-state index contributed by atoms with van der Waals surface area (Å²) in [6.07, 6.45) is 0. The van der Waals surface area contributed by atoms with Crippen molar-refractivity contribution in [3.8, 4) is 0 Å². The molecule has 1 N–H and O–H groups in total. The van der Waals surface area contributed by atoms with Crippen molar-refractivity contribution in [2.75, 3.05) is 7.05 Å². The molecule has 0 heterocycles. The third-order valence-corrected chi connectivity index (χ3v) is 2.75. The molecule has 0 radical (unpaired) electrons. The molecule has 0 saturated heterocycles. The monoisotopic (exact) mass is 195 g/mol. The third kappa shape index (κ3) is 2.88. The molecule has 62 valence electrons. The largest absolute Gasteiger partial charge is 1.00 e. The third-order valence-electron chi connectivity index (χ3n) is 1.32. The van der Waals surface area contributed by atoms with Gasteiger partial charge in [0.05, 0.1) is 4.90 Å². The number of sulfonamides is 1. The molecule has 0 fully saturated rings. The minimum absolute atomic E-state index is 0. The summed E-state index contributed by atoms with van der Waals surface area (Å²) in [6, 6.07) is 8.24. The summed E-state index contributed by atoms with van der Waals surface area (Å²) >= 11 is 0. The van der Waals surface area contributed by atoms with Crippen LogP contribution >= 0.6 is 0 Å². The molecule has 0 spiro atoms. The maximum Gasteiger partial charge on any atom is 1.00 e. The number of nitrogens with one attached hydrogen (secondary N) is 1. The van der Waals surface area contributed by atoms with E-state index in [9.17, 15) is 8.42 Å². The molecule has 0 unspecified atom stereocenters. The molecule has 1 aromatic rings. The van der Waals surface area contributed by atoms with Crippen LogP contribution < -0.4 is 34.3 Å². The molecule has 0 aliphatic carbocycles. The Bertz CT molecular complexity index is 328. The van der Waals surface area contributed by atoms with Gasteiger partial charge in [-0.25, -0.2) is 13.1 Å². The van der Waals surface area contributed by atoms with E-state index in [1.165, 1.54) is 7.05 Å². The molecule has 0 aromatic heterocycles. The molecule has 0 aliphatic rings. The normalized spacial score (nSPS) is 10.4. The van der Waals surface area contributed by atoms with E-state index in [2.05, 4.69) is 4.72 Å². The van der Waals surface area contributed by atoms with Gasteiger partial charge in [0.1, 0.15) is 0 Å². The zero-order valence-electron chi connectivity index (χ0n) is 8.11. The number of rotatable bonds is 2. The van der Waals surface area contributed by atoms with Gasteiger partial charge in [0.25, 0.3) is 0 Å². The summed E-state index contributed by atoms with van der Waals surface area (Å²) in [5.74, 6) is 0. The fourth-order valence-electron chi connectivity index (χ4n) is 0.717. The smallest absolute Gasteiger partial charge is 1.00 e. The molecule has 0 atom stereocenters. The van der Waals surface area contributed by atoms with Gasteiger partial charge in [-0.1, -0.05) is 18.2 Å². The average molecular weight is 195 g/mol. The van der Waals surface area contributed by atoms with E-state index in [0.717, 1.165) is 0 Å². The first-order chi connectivity index (χ1) is 5.17. The van der Waals surface area contributed by atoms with Gasteiger partial charge in [0.2, 0.25) is 10.0 Å². The summed E-state index contributed by atoms with van der Waals surface area (Å²) in [5.41, 5.74) is 0. The Balaban J connectivity index is 0. The van der Waals surface area contributed by atoms with Crippen LogP contribution in [0.4, 0.5) is 0 Å². The molecule has 0 bridgehead atoms. The topological polar surface area (TPSA) is 46.2 Å². The average Bonchev–Trinajstić information content (AvgIpc) is 2.06. The van der Waals surface area contributed by atoms with E-state index in [0.29, 0.717) is 4.90 Å². The molecule has 0 amide bonds. The van der Waals surface area contributed by atoms with Crippen LogP contribution in [0, 0.1) is 0 Å². The first-order valence-electron chi connectivity index (χ1n) is 3.15. The van der Waals surface area contributed by atoms with E-state index >= 15 is 0 Å². The second-order valence-electron chi connectivity index (χ2n) is 2.02. The van der Waals surface area contributed by atoms with E-state index in [1.54, 1.807) is 30.3 Å². The standard InChI is InChI=1S/C7H9NO2S.Na.H/c1-8-11(9,10)7-5-3-2-4-6-7;;/h2-6,8H,1H3;;/q;+1;-1. The van der Waals surface area contributed by atoms with Crippen LogP contribution in [-0.2, 0) is 10.0 Å². The van der Waals surface area contributed by atoms with Gasteiger partial charge in [-0.3, -0.25) is 0 Å². The quantitative estimate of drug-likeness (QED) is 0.540. The molecule has 1 rings (SSSR count). The molecular weight excluding hydrogens is 185 g/mol. The van der Waals surface area contributed by atoms with Crippen molar-refractivity contribution < 1.29 is 39.4 Å². The zero-order valence-corrected chi connectivity index (χ0v) is 9.93. The minimum Gasteiger partial charge on any atom is -1.00 e. The van der Waals surface area contributed by atoms with Crippen molar-refractivity contribution in [3.63, 3.8) is 0 Å². The van der Waals surface area contributed by atoms with Crippen LogP contribution in [0.25, 0.3) is 0 Å². The summed E-state index contributed by atoms with van der Waals surface area (Å²) in [4.78, 5) is 0.294. The molecule has 5 heteroatoms. The van der Waals surface area contributed by atoms with E-state index < -0.39 is 10.0 Å². The Morgan fingerprint density at radius 1 is 1.25 bits per heavy atom. The number of benzene rings is 1. The van der Waals surface area contributed by atoms with Crippen molar-refractivity contribution in [1.29, 1.82) is 0 Å². The first kappa shape index (κ1) is 12.1. The molecule has 1 aromatic carbocycles. The van der Waals surface area contributed by atoms with Gasteiger partial charge >= 0.3 is 29.6 Å². The Labute approximate surface area is 96.0 Å². The van der Waals surface area contributed by atoms with Gasteiger partial charge < -0.3 is 1.43 Å². The van der Waals surface area contributed by atoms with Crippen LogP contribution in [0.2, 0.25) is 0 Å². The second kappa shape index (κ2) is 4.99. The Hall–Kier alpha value is 0.130. The van der Waals surface area contributed by atoms with E-state index in [1.807, 2.05) is 0 Å². The van der Waals surface area contributed by atoms with Crippen LogP contribution in [0.15, 0.2) is 35.2 Å². The Morgan fingerprint density at radius 3 is 2.17 bits per heavy atom. The van der Waals surface area contributed by atoms with Gasteiger partial charge in [0.15, 0.2) is 0 Å². The van der Waals surface area contributed by atoms with Gasteiger partial charge in [0, 0.05) is 0 Å². The van der Waals surface area contributed by atoms with Crippen molar-refractivity contribution in [2.45, 2.75) is 4.90 Å². The molecule has 12 heavy (non-hydrogen) atoms. The number of hydrogen-bond acceptors (Lipinski definition) is 2. The molecule has 0 aliphatic heterocycles. The molecular formula is C7H10NNaO2S. The van der Waals surface area contributed by atoms with Gasteiger partial charge in [-0.15, -0.1) is 0 Å². The van der Waals surface area contributed by atoms with E-state index in [-0.39, 0.29) is 31.0 Å². The van der Waals surface area contributed by atoms with Crippen molar-refractivity contribution >= 4 is 10.0 Å². The molecule has 3 nitrogen and oxygen atoms in total. The molecule has 0 saturated carbocycles. The fraction of sp³-hybridized carbons (Fsp3) is 0.143. The summed E-state index contributed by atoms with van der Waals surface area (Å²) in [6.45, 7) is 0. The van der Waals surface area contributed by atoms with Gasteiger partial charge in [-0.2, -0.15) is 0 Å². The van der Waals surface area contributed by atoms with Crippen LogP contribution in [-0.4, -0.2) is 15.5 Å². The zero-order chi connectivity index (χ0) is 8.32. The van der Waals surface area contributed by atoms with Crippen LogP contribution in [0.3, 0.4) is 0 Å². The summed E-state index contributed by atoms with van der Waals surface area (Å²) in [5, 5.41) is 0. The predicted octanol–water partition coefficient (Wildman–Crippen LogP) is -2.29. The minimum atomic E-state index is -3.25. The Kier molecular flexibility index (Phi) is 5.04. The van der Waals surface area contributed by atoms with E-state index in [4.69, 9.17) is 0 Å². The SMILES string of the molecule is CNS(=O)(=O)c1ccccc1.[H-].[Na+]. The van der Waals surface area contributed by atoms with Crippen LogP contribution in [0.5, 0.6) is 0 Å². The first-order valence-corrected chi connectivity index (χ1v) is 4.64. The maximum absolute atomic E-state index is 11.1.